The first-order valence-corrected chi connectivity index (χ1v) is 12.1. The van der Waals surface area contributed by atoms with Crippen molar-refractivity contribution in [1.82, 2.24) is 20.0 Å². The first-order chi connectivity index (χ1) is 15.7. The molecule has 0 atom stereocenters. The van der Waals surface area contributed by atoms with Crippen molar-refractivity contribution < 1.29 is 9.32 Å². The Morgan fingerprint density at radius 1 is 1.09 bits per heavy atom. The number of aryl methyl sites for hydroxylation is 2. The summed E-state index contributed by atoms with van der Waals surface area (Å²) in [7, 11) is 0. The highest BCUT2D eigenvalue weighted by Crippen LogP contribution is 2.34. The van der Waals surface area contributed by atoms with Gasteiger partial charge in [-0.05, 0) is 37.0 Å². The minimum absolute atomic E-state index is 0.153. The molecule has 1 saturated heterocycles. The number of hydrogen-bond donors (Lipinski definition) is 0. The van der Waals surface area contributed by atoms with E-state index in [0.29, 0.717) is 30.5 Å². The smallest absolute Gasteiger partial charge is 0.227 e. The van der Waals surface area contributed by atoms with Crippen molar-refractivity contribution in [2.45, 2.75) is 44.9 Å². The number of amides is 1. The molecule has 6 nitrogen and oxygen atoms in total. The molecule has 0 radical (unpaired) electrons. The van der Waals surface area contributed by atoms with Crippen LogP contribution in [0.3, 0.4) is 0 Å². The molecule has 4 aromatic rings. The summed E-state index contributed by atoms with van der Waals surface area (Å²) < 4.78 is 6.62. The monoisotopic (exact) mass is 446 g/mol. The molecule has 0 unspecified atom stereocenters. The number of piperidine rings is 1. The van der Waals surface area contributed by atoms with Crippen LogP contribution in [0, 0.1) is 0 Å². The van der Waals surface area contributed by atoms with Gasteiger partial charge in [-0.2, -0.15) is 4.98 Å². The number of nitrogens with zero attached hydrogens (tertiary/aromatic N) is 4. The highest BCUT2D eigenvalue weighted by Gasteiger charge is 2.26. The molecule has 5 rings (SSSR count). The van der Waals surface area contributed by atoms with E-state index in [9.17, 15) is 4.79 Å². The summed E-state index contributed by atoms with van der Waals surface area (Å²) in [6.07, 6.45) is 3.78. The molecule has 1 aliphatic heterocycles. The molecule has 3 heterocycles. The first-order valence-electron chi connectivity index (χ1n) is 11.2. The summed E-state index contributed by atoms with van der Waals surface area (Å²) in [4.78, 5) is 24.0. The average Bonchev–Trinajstić information content (AvgIpc) is 3.50. The molecular formula is C25H26N4O2S. The molecule has 0 spiro atoms. The number of para-hydroxylation sites is 1. The van der Waals surface area contributed by atoms with E-state index in [1.165, 1.54) is 15.3 Å². The predicted molar refractivity (Wildman–Crippen MR) is 126 cm³/mol. The third-order valence-electron chi connectivity index (χ3n) is 6.15. The molecule has 0 saturated carbocycles. The Labute approximate surface area is 191 Å². The van der Waals surface area contributed by atoms with E-state index in [1.807, 2.05) is 23.1 Å². The number of rotatable bonds is 6. The summed E-state index contributed by atoms with van der Waals surface area (Å²) in [5.41, 5.74) is 3.28. The van der Waals surface area contributed by atoms with Crippen LogP contribution in [0.15, 0.2) is 53.1 Å². The summed E-state index contributed by atoms with van der Waals surface area (Å²) in [5, 5.41) is 5.27. The number of carbonyl (C=O) groups is 1. The van der Waals surface area contributed by atoms with Crippen LogP contribution in [-0.2, 0) is 17.6 Å². The fourth-order valence-corrected chi connectivity index (χ4v) is 5.31. The van der Waals surface area contributed by atoms with Gasteiger partial charge in [0.1, 0.15) is 0 Å². The van der Waals surface area contributed by atoms with E-state index in [1.54, 1.807) is 11.3 Å². The van der Waals surface area contributed by atoms with Gasteiger partial charge in [-0.25, -0.2) is 4.98 Å². The van der Waals surface area contributed by atoms with Crippen LogP contribution in [0.1, 0.15) is 48.6 Å². The second-order valence-corrected chi connectivity index (χ2v) is 9.30. The number of benzene rings is 2. The van der Waals surface area contributed by atoms with E-state index in [2.05, 4.69) is 47.4 Å². The maximum atomic E-state index is 12.7. The lowest BCUT2D eigenvalue weighted by molar-refractivity contribution is -0.132. The van der Waals surface area contributed by atoms with Crippen molar-refractivity contribution in [1.29, 1.82) is 0 Å². The number of aromatic nitrogens is 3. The van der Waals surface area contributed by atoms with Gasteiger partial charge in [0.05, 0.1) is 15.2 Å². The van der Waals surface area contributed by atoms with Gasteiger partial charge >= 0.3 is 0 Å². The van der Waals surface area contributed by atoms with Gasteiger partial charge in [0.15, 0.2) is 0 Å². The van der Waals surface area contributed by atoms with E-state index in [-0.39, 0.29) is 5.91 Å². The van der Waals surface area contributed by atoms with Crippen molar-refractivity contribution in [3.8, 4) is 11.4 Å². The first kappa shape index (κ1) is 20.8. The average molecular weight is 447 g/mol. The standard InChI is InChI=1S/C25H26N4O2S/c1-2-17-7-9-18(10-8-17)24-27-22(31-28-24)11-12-23(30)29-15-13-19(14-16-29)25-26-20-5-3-4-6-21(20)32-25/h3-10,19H,2,11-16H2,1H3. The maximum absolute atomic E-state index is 12.7. The van der Waals surface area contributed by atoms with Crippen molar-refractivity contribution >= 4 is 27.5 Å². The van der Waals surface area contributed by atoms with Crippen LogP contribution >= 0.6 is 11.3 Å². The van der Waals surface area contributed by atoms with Crippen molar-refractivity contribution in [3.05, 3.63) is 65.0 Å². The molecule has 32 heavy (non-hydrogen) atoms. The third kappa shape index (κ3) is 4.43. The van der Waals surface area contributed by atoms with Gasteiger partial charge in [0.2, 0.25) is 17.6 Å². The predicted octanol–water partition coefficient (Wildman–Crippen LogP) is 5.25. The van der Waals surface area contributed by atoms with Crippen LogP contribution in [0.5, 0.6) is 0 Å². The van der Waals surface area contributed by atoms with E-state index in [0.717, 1.165) is 43.4 Å². The Balaban J connectivity index is 1.13. The number of thiazole rings is 1. The molecule has 7 heteroatoms. The lowest BCUT2D eigenvalue weighted by Gasteiger charge is -2.31. The largest absolute Gasteiger partial charge is 0.343 e. The van der Waals surface area contributed by atoms with Crippen LogP contribution in [-0.4, -0.2) is 39.0 Å². The zero-order chi connectivity index (χ0) is 21.9. The summed E-state index contributed by atoms with van der Waals surface area (Å²) in [5.74, 6) is 1.68. The Hall–Kier alpha value is -3.06. The van der Waals surface area contributed by atoms with Gasteiger partial charge in [-0.15, -0.1) is 11.3 Å². The fraction of sp³-hybridized carbons (Fsp3) is 0.360. The Morgan fingerprint density at radius 2 is 1.88 bits per heavy atom. The van der Waals surface area contributed by atoms with E-state index >= 15 is 0 Å². The fourth-order valence-electron chi connectivity index (χ4n) is 4.18. The van der Waals surface area contributed by atoms with Crippen LogP contribution in [0.4, 0.5) is 0 Å². The molecule has 1 fully saturated rings. The van der Waals surface area contributed by atoms with Crippen molar-refractivity contribution in [2.75, 3.05) is 13.1 Å². The van der Waals surface area contributed by atoms with Gasteiger partial charge in [0.25, 0.3) is 0 Å². The summed E-state index contributed by atoms with van der Waals surface area (Å²) in [6.45, 7) is 3.68. The third-order valence-corrected chi connectivity index (χ3v) is 7.35. The summed E-state index contributed by atoms with van der Waals surface area (Å²) >= 11 is 1.78. The normalized spacial score (nSPS) is 14.8. The number of hydrogen-bond acceptors (Lipinski definition) is 6. The minimum Gasteiger partial charge on any atom is -0.343 e. The summed E-state index contributed by atoms with van der Waals surface area (Å²) in [6, 6.07) is 16.4. The van der Waals surface area contributed by atoms with E-state index in [4.69, 9.17) is 9.51 Å². The molecule has 2 aromatic heterocycles. The number of carbonyl (C=O) groups excluding carboxylic acids is 1. The Bertz CT molecular complexity index is 1170. The number of likely N-dealkylation sites (tertiary alicyclic amines) is 1. The highest BCUT2D eigenvalue weighted by atomic mass is 32.1. The Kier molecular flexibility index (Phi) is 5.99. The highest BCUT2D eigenvalue weighted by molar-refractivity contribution is 7.18. The molecule has 0 N–H and O–H groups in total. The topological polar surface area (TPSA) is 72.1 Å². The molecule has 1 amide bonds. The molecule has 1 aliphatic rings. The second kappa shape index (κ2) is 9.20. The lowest BCUT2D eigenvalue weighted by Crippen LogP contribution is -2.38. The van der Waals surface area contributed by atoms with Crippen molar-refractivity contribution in [2.24, 2.45) is 0 Å². The quantitative estimate of drug-likeness (QED) is 0.405. The van der Waals surface area contributed by atoms with Crippen LogP contribution < -0.4 is 0 Å². The zero-order valence-electron chi connectivity index (χ0n) is 18.2. The SMILES string of the molecule is CCc1ccc(-c2noc(CCC(=O)N3CCC(c4nc5ccccc5s4)CC3)n2)cc1. The lowest BCUT2D eigenvalue weighted by atomic mass is 9.97. The maximum Gasteiger partial charge on any atom is 0.227 e. The van der Waals surface area contributed by atoms with Gasteiger partial charge in [-0.1, -0.05) is 48.5 Å². The zero-order valence-corrected chi connectivity index (χ0v) is 19.0. The van der Waals surface area contributed by atoms with Crippen LogP contribution in [0.2, 0.25) is 0 Å². The molecular weight excluding hydrogens is 420 g/mol. The van der Waals surface area contributed by atoms with Crippen LogP contribution in [0.25, 0.3) is 21.6 Å². The molecule has 164 valence electrons. The Morgan fingerprint density at radius 3 is 2.62 bits per heavy atom. The number of fused-ring (bicyclic) bond motifs is 1. The molecule has 0 aliphatic carbocycles. The molecule has 0 bridgehead atoms. The second-order valence-electron chi connectivity index (χ2n) is 8.24. The minimum atomic E-state index is 0.153. The molecule has 2 aromatic carbocycles. The van der Waals surface area contributed by atoms with Gasteiger partial charge in [-0.3, -0.25) is 4.79 Å². The van der Waals surface area contributed by atoms with E-state index < -0.39 is 0 Å². The van der Waals surface area contributed by atoms with Gasteiger partial charge in [0, 0.05) is 37.4 Å². The van der Waals surface area contributed by atoms with Gasteiger partial charge < -0.3 is 9.42 Å². The van der Waals surface area contributed by atoms with Crippen molar-refractivity contribution in [3.63, 3.8) is 0 Å².